The van der Waals surface area contributed by atoms with Gasteiger partial charge in [0.15, 0.2) is 11.5 Å². The summed E-state index contributed by atoms with van der Waals surface area (Å²) in [7, 11) is 1.59. The van der Waals surface area contributed by atoms with Crippen LogP contribution in [0.1, 0.15) is 30.1 Å². The van der Waals surface area contributed by atoms with Crippen LogP contribution in [0.5, 0.6) is 5.88 Å². The van der Waals surface area contributed by atoms with E-state index in [1.807, 2.05) is 6.07 Å². The zero-order chi connectivity index (χ0) is 17.2. The summed E-state index contributed by atoms with van der Waals surface area (Å²) in [5, 5.41) is 22.2. The SMILES string of the molecule is COc1ccc2nnc(C3CCN(c4ncccc4C#N)CC3)n2n1. The Balaban J connectivity index is 1.55. The van der Waals surface area contributed by atoms with E-state index >= 15 is 0 Å². The fourth-order valence-electron chi connectivity index (χ4n) is 3.24. The molecule has 0 atom stereocenters. The van der Waals surface area contributed by atoms with Gasteiger partial charge in [-0.15, -0.1) is 15.3 Å². The number of rotatable bonds is 3. The average molecular weight is 335 g/mol. The molecule has 0 bridgehead atoms. The summed E-state index contributed by atoms with van der Waals surface area (Å²) in [4.78, 5) is 6.53. The number of fused-ring (bicyclic) bond motifs is 1. The molecule has 0 aliphatic carbocycles. The van der Waals surface area contributed by atoms with Gasteiger partial charge in [-0.1, -0.05) is 0 Å². The van der Waals surface area contributed by atoms with Crippen LogP contribution in [0.3, 0.4) is 0 Å². The molecule has 1 saturated heterocycles. The number of nitriles is 1. The van der Waals surface area contributed by atoms with Crippen molar-refractivity contribution in [2.45, 2.75) is 18.8 Å². The monoisotopic (exact) mass is 335 g/mol. The molecule has 0 unspecified atom stereocenters. The zero-order valence-electron chi connectivity index (χ0n) is 13.8. The number of nitrogens with zero attached hydrogens (tertiary/aromatic N) is 7. The number of methoxy groups -OCH3 is 1. The lowest BCUT2D eigenvalue weighted by Crippen LogP contribution is -2.34. The summed E-state index contributed by atoms with van der Waals surface area (Å²) in [5.74, 6) is 2.42. The highest BCUT2D eigenvalue weighted by atomic mass is 16.5. The zero-order valence-corrected chi connectivity index (χ0v) is 13.8. The molecule has 1 fully saturated rings. The normalized spacial score (nSPS) is 15.3. The van der Waals surface area contributed by atoms with Crippen LogP contribution in [0.4, 0.5) is 5.82 Å². The second-order valence-corrected chi connectivity index (χ2v) is 5.95. The summed E-state index contributed by atoms with van der Waals surface area (Å²) in [6.45, 7) is 1.63. The summed E-state index contributed by atoms with van der Waals surface area (Å²) in [6.07, 6.45) is 3.53. The van der Waals surface area contributed by atoms with E-state index in [2.05, 4.69) is 31.2 Å². The Morgan fingerprint density at radius 1 is 1.20 bits per heavy atom. The maximum atomic E-state index is 9.26. The molecule has 8 nitrogen and oxygen atoms in total. The molecule has 0 amide bonds. The molecule has 4 heterocycles. The van der Waals surface area contributed by atoms with Crippen molar-refractivity contribution in [3.63, 3.8) is 0 Å². The third-order valence-corrected chi connectivity index (χ3v) is 4.54. The molecule has 0 radical (unpaired) electrons. The molecule has 3 aromatic heterocycles. The van der Waals surface area contributed by atoms with Gasteiger partial charge in [-0.3, -0.25) is 0 Å². The number of pyridine rings is 1. The molecule has 4 rings (SSSR count). The van der Waals surface area contributed by atoms with Gasteiger partial charge >= 0.3 is 0 Å². The van der Waals surface area contributed by atoms with E-state index in [1.165, 1.54) is 0 Å². The Bertz CT molecular complexity index is 938. The Labute approximate surface area is 144 Å². The van der Waals surface area contributed by atoms with Crippen LogP contribution in [-0.4, -0.2) is 45.0 Å². The molecule has 0 spiro atoms. The molecular formula is C17H17N7O. The van der Waals surface area contributed by atoms with E-state index in [0.717, 1.165) is 43.2 Å². The van der Waals surface area contributed by atoms with Crippen molar-refractivity contribution in [1.29, 1.82) is 5.26 Å². The average Bonchev–Trinajstić information content (AvgIpc) is 3.11. The van der Waals surface area contributed by atoms with Gasteiger partial charge < -0.3 is 9.64 Å². The van der Waals surface area contributed by atoms with Crippen LogP contribution >= 0.6 is 0 Å². The lowest BCUT2D eigenvalue weighted by molar-refractivity contribution is 0.386. The third-order valence-electron chi connectivity index (χ3n) is 4.54. The van der Waals surface area contributed by atoms with Gasteiger partial charge in [0.1, 0.15) is 11.9 Å². The maximum absolute atomic E-state index is 9.26. The predicted octanol–water partition coefficient (Wildman–Crippen LogP) is 1.78. The molecule has 0 aromatic carbocycles. The van der Waals surface area contributed by atoms with Gasteiger partial charge in [0.05, 0.1) is 12.7 Å². The van der Waals surface area contributed by atoms with Crippen molar-refractivity contribution in [2.24, 2.45) is 0 Å². The minimum atomic E-state index is 0.264. The molecule has 126 valence electrons. The Morgan fingerprint density at radius 3 is 2.80 bits per heavy atom. The van der Waals surface area contributed by atoms with E-state index < -0.39 is 0 Å². The molecular weight excluding hydrogens is 318 g/mol. The number of piperidine rings is 1. The maximum Gasteiger partial charge on any atom is 0.231 e. The van der Waals surface area contributed by atoms with Crippen molar-refractivity contribution in [1.82, 2.24) is 24.8 Å². The van der Waals surface area contributed by atoms with Crippen LogP contribution in [0.2, 0.25) is 0 Å². The smallest absolute Gasteiger partial charge is 0.231 e. The molecule has 8 heteroatoms. The highest BCUT2D eigenvalue weighted by molar-refractivity contribution is 5.53. The first-order valence-corrected chi connectivity index (χ1v) is 8.16. The van der Waals surface area contributed by atoms with Crippen LogP contribution in [0.25, 0.3) is 5.65 Å². The van der Waals surface area contributed by atoms with Crippen molar-refractivity contribution < 1.29 is 4.74 Å². The fraction of sp³-hybridized carbons (Fsp3) is 0.353. The summed E-state index contributed by atoms with van der Waals surface area (Å²) in [5.41, 5.74) is 1.33. The molecule has 0 N–H and O–H groups in total. The van der Waals surface area contributed by atoms with E-state index in [9.17, 15) is 5.26 Å². The van der Waals surface area contributed by atoms with E-state index in [1.54, 1.807) is 36.0 Å². The van der Waals surface area contributed by atoms with Gasteiger partial charge in [-0.2, -0.15) is 9.78 Å². The number of ether oxygens (including phenoxy) is 1. The van der Waals surface area contributed by atoms with Gasteiger partial charge in [-0.25, -0.2) is 4.98 Å². The summed E-state index contributed by atoms with van der Waals surface area (Å²) < 4.78 is 6.96. The molecule has 3 aromatic rings. The standard InChI is InChI=1S/C17H17N7O/c1-25-15-5-4-14-20-21-17(24(14)22-15)12-6-9-23(10-7-12)16-13(11-18)3-2-8-19-16/h2-5,8,12H,6-7,9-10H2,1H3. The summed E-state index contributed by atoms with van der Waals surface area (Å²) in [6, 6.07) is 9.43. The van der Waals surface area contributed by atoms with Crippen LogP contribution in [0, 0.1) is 11.3 Å². The lowest BCUT2D eigenvalue weighted by atomic mass is 9.96. The van der Waals surface area contributed by atoms with Gasteiger partial charge in [0.2, 0.25) is 5.88 Å². The first-order valence-electron chi connectivity index (χ1n) is 8.16. The van der Waals surface area contributed by atoms with Crippen molar-refractivity contribution in [2.75, 3.05) is 25.1 Å². The predicted molar refractivity (Wildman–Crippen MR) is 90.5 cm³/mol. The second-order valence-electron chi connectivity index (χ2n) is 5.95. The van der Waals surface area contributed by atoms with Crippen LogP contribution in [0.15, 0.2) is 30.5 Å². The van der Waals surface area contributed by atoms with Gasteiger partial charge in [0, 0.05) is 31.3 Å². The first-order chi connectivity index (χ1) is 12.3. The van der Waals surface area contributed by atoms with Gasteiger partial charge in [-0.05, 0) is 31.0 Å². The highest BCUT2D eigenvalue weighted by Gasteiger charge is 2.26. The topological polar surface area (TPSA) is 92.2 Å². The molecule has 1 aliphatic heterocycles. The fourth-order valence-corrected chi connectivity index (χ4v) is 3.24. The van der Waals surface area contributed by atoms with E-state index in [0.29, 0.717) is 11.4 Å². The number of hydrogen-bond donors (Lipinski definition) is 0. The highest BCUT2D eigenvalue weighted by Crippen LogP contribution is 2.30. The van der Waals surface area contributed by atoms with Crippen LogP contribution in [-0.2, 0) is 0 Å². The minimum absolute atomic E-state index is 0.264. The number of hydrogen-bond acceptors (Lipinski definition) is 7. The van der Waals surface area contributed by atoms with E-state index in [4.69, 9.17) is 4.74 Å². The molecule has 0 saturated carbocycles. The Kier molecular flexibility index (Phi) is 3.90. The van der Waals surface area contributed by atoms with E-state index in [-0.39, 0.29) is 5.92 Å². The Morgan fingerprint density at radius 2 is 2.04 bits per heavy atom. The largest absolute Gasteiger partial charge is 0.480 e. The van der Waals surface area contributed by atoms with Gasteiger partial charge in [0.25, 0.3) is 0 Å². The Hall–Kier alpha value is -3.21. The van der Waals surface area contributed by atoms with Crippen molar-refractivity contribution in [3.8, 4) is 11.9 Å². The number of aromatic nitrogens is 5. The van der Waals surface area contributed by atoms with Crippen molar-refractivity contribution >= 4 is 11.5 Å². The third kappa shape index (κ3) is 2.74. The lowest BCUT2D eigenvalue weighted by Gasteiger charge is -2.32. The van der Waals surface area contributed by atoms with Crippen LogP contribution < -0.4 is 9.64 Å². The molecule has 1 aliphatic rings. The minimum Gasteiger partial charge on any atom is -0.480 e. The quantitative estimate of drug-likeness (QED) is 0.720. The molecule has 25 heavy (non-hydrogen) atoms. The number of anilines is 1. The van der Waals surface area contributed by atoms with Crippen molar-refractivity contribution in [3.05, 3.63) is 41.9 Å². The summed E-state index contributed by atoms with van der Waals surface area (Å²) >= 11 is 0. The second kappa shape index (κ2) is 6.36. The first kappa shape index (κ1) is 15.3.